The van der Waals surface area contributed by atoms with Crippen LogP contribution >= 0.6 is 0 Å². The Labute approximate surface area is 73.9 Å². The topological polar surface area (TPSA) is 147 Å². The molecular formula is C5H10N6O2. The second kappa shape index (κ2) is 5.67. The van der Waals surface area contributed by atoms with Gasteiger partial charge in [-0.15, -0.1) is 5.53 Å². The molecule has 0 rings (SSSR count). The molecule has 0 aromatic carbocycles. The molecule has 0 radical (unpaired) electrons. The first-order chi connectivity index (χ1) is 6.07. The average Bonchev–Trinajstić information content (AvgIpc) is 2.03. The Kier molecular flexibility index (Phi) is 4.82. The third-order valence-corrected chi connectivity index (χ3v) is 1.28. The zero-order valence-electron chi connectivity index (χ0n) is 6.80. The van der Waals surface area contributed by atoms with E-state index < -0.39 is 17.9 Å². The summed E-state index contributed by atoms with van der Waals surface area (Å²) in [5.74, 6) is -1.25. The molecule has 0 fully saturated rings. The molecule has 13 heavy (non-hydrogen) atoms. The number of hydrogen-bond donors (Lipinski definition) is 3. The monoisotopic (exact) mass is 186 g/mol. The van der Waals surface area contributed by atoms with Crippen molar-refractivity contribution in [3.63, 3.8) is 0 Å². The van der Waals surface area contributed by atoms with Crippen molar-refractivity contribution in [3.8, 4) is 0 Å². The maximum Gasteiger partial charge on any atom is 0.262 e. The van der Waals surface area contributed by atoms with Gasteiger partial charge in [-0.25, -0.2) is 5.43 Å². The van der Waals surface area contributed by atoms with Crippen molar-refractivity contribution in [2.75, 3.05) is 0 Å². The lowest BCUT2D eigenvalue weighted by Gasteiger charge is -2.06. The summed E-state index contributed by atoms with van der Waals surface area (Å²) in [6, 6.07) is -0.858. The Balaban J connectivity index is 4.01. The van der Waals surface area contributed by atoms with Crippen molar-refractivity contribution >= 4 is 11.8 Å². The van der Waals surface area contributed by atoms with Gasteiger partial charge in [0.05, 0.1) is 0 Å². The van der Waals surface area contributed by atoms with E-state index in [1.165, 1.54) is 0 Å². The van der Waals surface area contributed by atoms with Gasteiger partial charge in [0.2, 0.25) is 5.91 Å². The van der Waals surface area contributed by atoms with Crippen molar-refractivity contribution in [1.29, 1.82) is 0 Å². The molecule has 0 aliphatic heterocycles. The molecule has 8 nitrogen and oxygen atoms in total. The Morgan fingerprint density at radius 1 is 1.54 bits per heavy atom. The SMILES string of the molecule is [N-]=[N+]=NN[C@@H](CCC(N)=O)C(N)=O. The Bertz CT molecular complexity index is 245. The molecule has 1 atom stereocenters. The lowest BCUT2D eigenvalue weighted by Crippen LogP contribution is -2.39. The standard InChI is InChI=1S/C5H10N6O2/c6-4(12)2-1-3(5(7)13)9-11-10-8/h3,9H,1-2H2,(H2,6,12)(H2,7,13)/t3-/m0/s1. The first-order valence-electron chi connectivity index (χ1n) is 3.45. The molecule has 0 aromatic heterocycles. The molecule has 2 amide bonds. The van der Waals surface area contributed by atoms with Crippen LogP contribution in [-0.2, 0) is 9.59 Å². The molecule has 72 valence electrons. The third kappa shape index (κ3) is 5.33. The van der Waals surface area contributed by atoms with Crippen LogP contribution in [0, 0.1) is 0 Å². The van der Waals surface area contributed by atoms with Gasteiger partial charge in [0.25, 0.3) is 5.91 Å². The van der Waals surface area contributed by atoms with Crippen LogP contribution < -0.4 is 16.9 Å². The van der Waals surface area contributed by atoms with E-state index in [1.807, 2.05) is 0 Å². The average molecular weight is 186 g/mol. The van der Waals surface area contributed by atoms with Gasteiger partial charge in [-0.05, 0) is 5.22 Å². The normalized spacial score (nSPS) is 11.1. The van der Waals surface area contributed by atoms with Crippen LogP contribution in [0.4, 0.5) is 0 Å². The number of nitrogens with two attached hydrogens (primary N) is 2. The quantitative estimate of drug-likeness (QED) is 0.210. The number of hydrogen-bond acceptors (Lipinski definition) is 3. The van der Waals surface area contributed by atoms with E-state index in [0.29, 0.717) is 0 Å². The van der Waals surface area contributed by atoms with Gasteiger partial charge in [0, 0.05) is 12.8 Å². The Morgan fingerprint density at radius 3 is 2.54 bits per heavy atom. The van der Waals surface area contributed by atoms with E-state index in [2.05, 4.69) is 15.6 Å². The van der Waals surface area contributed by atoms with Gasteiger partial charge in [0.15, 0.2) is 6.04 Å². The van der Waals surface area contributed by atoms with Crippen LogP contribution in [0.5, 0.6) is 0 Å². The number of nitrogens with zero attached hydrogens (tertiary/aromatic N) is 3. The largest absolute Gasteiger partial charge is 0.370 e. The molecule has 0 heterocycles. The van der Waals surface area contributed by atoms with Crippen LogP contribution in [0.1, 0.15) is 12.8 Å². The Morgan fingerprint density at radius 2 is 2.15 bits per heavy atom. The van der Waals surface area contributed by atoms with Crippen molar-refractivity contribution in [2.45, 2.75) is 18.9 Å². The fourth-order valence-electron chi connectivity index (χ4n) is 0.653. The molecule has 0 unspecified atom stereocenters. The summed E-state index contributed by atoms with van der Waals surface area (Å²) in [4.78, 5) is 23.4. The predicted molar refractivity (Wildman–Crippen MR) is 43.7 cm³/mol. The maximum atomic E-state index is 10.6. The van der Waals surface area contributed by atoms with E-state index in [9.17, 15) is 9.59 Å². The smallest absolute Gasteiger partial charge is 0.262 e. The lowest BCUT2D eigenvalue weighted by molar-refractivity contribution is -0.121. The minimum atomic E-state index is -0.858. The summed E-state index contributed by atoms with van der Waals surface area (Å²) in [5, 5.41) is 2.95. The van der Waals surface area contributed by atoms with Crippen LogP contribution in [0.2, 0.25) is 0 Å². The fraction of sp³-hybridized carbons (Fsp3) is 0.600. The van der Waals surface area contributed by atoms with Crippen LogP contribution in [-0.4, -0.2) is 17.9 Å². The zero-order valence-corrected chi connectivity index (χ0v) is 6.80. The van der Waals surface area contributed by atoms with Crippen molar-refractivity contribution < 1.29 is 9.59 Å². The Hall–Kier alpha value is -1.95. The summed E-state index contributed by atoms with van der Waals surface area (Å²) in [7, 11) is 0. The summed E-state index contributed by atoms with van der Waals surface area (Å²) >= 11 is 0. The second-order valence-corrected chi connectivity index (χ2v) is 2.28. The van der Waals surface area contributed by atoms with Gasteiger partial charge in [-0.3, -0.25) is 9.59 Å². The molecule has 5 N–H and O–H groups in total. The summed E-state index contributed by atoms with van der Waals surface area (Å²) in [6.07, 6.45) is 0.116. The summed E-state index contributed by atoms with van der Waals surface area (Å²) in [6.45, 7) is 0. The molecular weight excluding hydrogens is 176 g/mol. The highest BCUT2D eigenvalue weighted by Crippen LogP contribution is 1.95. The van der Waals surface area contributed by atoms with Crippen LogP contribution in [0.3, 0.4) is 0 Å². The zero-order chi connectivity index (χ0) is 10.3. The predicted octanol–water partition coefficient (Wildman–Crippen LogP) is -1.08. The highest BCUT2D eigenvalue weighted by atomic mass is 16.2. The van der Waals surface area contributed by atoms with Gasteiger partial charge >= 0.3 is 0 Å². The number of carbonyl (C=O) groups excluding carboxylic acids is 2. The second-order valence-electron chi connectivity index (χ2n) is 2.28. The number of nitrogens with one attached hydrogen (secondary N) is 1. The molecule has 0 bridgehead atoms. The summed E-state index contributed by atoms with van der Waals surface area (Å²) in [5.41, 5.74) is 19.9. The highest BCUT2D eigenvalue weighted by Gasteiger charge is 2.17. The minimum absolute atomic E-state index is 0.00154. The lowest BCUT2D eigenvalue weighted by atomic mass is 10.1. The summed E-state index contributed by atoms with van der Waals surface area (Å²) < 4.78 is 0. The molecule has 0 saturated heterocycles. The first kappa shape index (κ1) is 11.1. The number of amides is 2. The number of rotatable bonds is 6. The number of primary amides is 2. The van der Waals surface area contributed by atoms with Gasteiger partial charge in [0.1, 0.15) is 0 Å². The van der Waals surface area contributed by atoms with Crippen molar-refractivity contribution in [3.05, 3.63) is 10.4 Å². The molecule has 0 aliphatic carbocycles. The molecule has 0 aromatic rings. The molecule has 0 saturated carbocycles. The third-order valence-electron chi connectivity index (χ3n) is 1.28. The van der Waals surface area contributed by atoms with E-state index in [0.717, 1.165) is 0 Å². The van der Waals surface area contributed by atoms with Crippen LogP contribution in [0.25, 0.3) is 10.4 Å². The number of carbonyl (C=O) groups is 2. The van der Waals surface area contributed by atoms with Gasteiger partial charge in [-0.1, -0.05) is 0 Å². The van der Waals surface area contributed by atoms with E-state index >= 15 is 0 Å². The molecule has 0 aliphatic rings. The van der Waals surface area contributed by atoms with Crippen LogP contribution in [0.15, 0.2) is 5.22 Å². The fourth-order valence-corrected chi connectivity index (χ4v) is 0.653. The molecule has 8 heteroatoms. The molecule has 0 spiro atoms. The highest BCUT2D eigenvalue weighted by molar-refractivity contribution is 5.81. The van der Waals surface area contributed by atoms with Gasteiger partial charge < -0.3 is 11.5 Å². The van der Waals surface area contributed by atoms with E-state index in [-0.39, 0.29) is 12.8 Å². The number of azide groups is 1. The van der Waals surface area contributed by atoms with Crippen molar-refractivity contribution in [1.82, 2.24) is 5.43 Å². The maximum absolute atomic E-state index is 10.6. The van der Waals surface area contributed by atoms with E-state index in [4.69, 9.17) is 17.0 Å². The van der Waals surface area contributed by atoms with Crippen molar-refractivity contribution in [2.24, 2.45) is 16.7 Å². The minimum Gasteiger partial charge on any atom is -0.370 e. The van der Waals surface area contributed by atoms with E-state index in [1.54, 1.807) is 0 Å². The van der Waals surface area contributed by atoms with Gasteiger partial charge in [-0.2, -0.15) is 4.91 Å². The first-order valence-corrected chi connectivity index (χ1v) is 3.45.